The van der Waals surface area contributed by atoms with Crippen molar-refractivity contribution < 1.29 is 4.79 Å². The normalized spacial score (nSPS) is 19.9. The summed E-state index contributed by atoms with van der Waals surface area (Å²) in [7, 11) is 0. The van der Waals surface area contributed by atoms with Gasteiger partial charge in [-0.2, -0.15) is 0 Å². The molecule has 18 heavy (non-hydrogen) atoms. The van der Waals surface area contributed by atoms with Crippen molar-refractivity contribution in [2.45, 2.75) is 24.9 Å². The molecule has 1 amide bonds. The van der Waals surface area contributed by atoms with E-state index in [0.29, 0.717) is 6.54 Å². The molecular formula is C12H18N4OS. The minimum Gasteiger partial charge on any atom is -0.369 e. The number of nitrogens with two attached hydrogens (primary N) is 1. The molecule has 2 heterocycles. The van der Waals surface area contributed by atoms with Gasteiger partial charge in [-0.1, -0.05) is 11.8 Å². The van der Waals surface area contributed by atoms with Crippen LogP contribution in [-0.2, 0) is 4.79 Å². The number of primary amides is 1. The van der Waals surface area contributed by atoms with Crippen molar-refractivity contribution in [2.24, 2.45) is 11.7 Å². The van der Waals surface area contributed by atoms with E-state index in [1.54, 1.807) is 0 Å². The first-order valence-electron chi connectivity index (χ1n) is 6.04. The lowest BCUT2D eigenvalue weighted by molar-refractivity contribution is -0.122. The Morgan fingerprint density at radius 2 is 2.33 bits per heavy atom. The zero-order valence-electron chi connectivity index (χ0n) is 10.7. The average Bonchev–Trinajstić information content (AvgIpc) is 2.38. The maximum absolute atomic E-state index is 11.3. The van der Waals surface area contributed by atoms with Crippen LogP contribution in [-0.4, -0.2) is 35.2 Å². The van der Waals surface area contributed by atoms with Gasteiger partial charge in [-0.05, 0) is 26.0 Å². The number of hydrogen-bond acceptors (Lipinski definition) is 5. The number of rotatable bonds is 3. The summed E-state index contributed by atoms with van der Waals surface area (Å²) in [5.41, 5.74) is 6.34. The highest BCUT2D eigenvalue weighted by atomic mass is 32.2. The molecule has 1 unspecified atom stereocenters. The van der Waals surface area contributed by atoms with Gasteiger partial charge in [0.05, 0.1) is 5.92 Å². The molecular weight excluding hydrogens is 248 g/mol. The van der Waals surface area contributed by atoms with Crippen LogP contribution in [0.1, 0.15) is 18.5 Å². The van der Waals surface area contributed by atoms with E-state index in [0.717, 1.165) is 36.1 Å². The van der Waals surface area contributed by atoms with Crippen molar-refractivity contribution in [1.82, 2.24) is 9.97 Å². The topological polar surface area (TPSA) is 72.1 Å². The largest absolute Gasteiger partial charge is 0.369 e. The van der Waals surface area contributed by atoms with Crippen molar-refractivity contribution in [1.29, 1.82) is 0 Å². The van der Waals surface area contributed by atoms with Crippen molar-refractivity contribution in [3.05, 3.63) is 11.8 Å². The number of piperidine rings is 1. The van der Waals surface area contributed by atoms with Gasteiger partial charge >= 0.3 is 0 Å². The summed E-state index contributed by atoms with van der Waals surface area (Å²) in [6, 6.07) is 1.96. The molecule has 2 N–H and O–H groups in total. The van der Waals surface area contributed by atoms with Crippen LogP contribution >= 0.6 is 11.8 Å². The molecule has 1 aliphatic rings. The van der Waals surface area contributed by atoms with E-state index in [2.05, 4.69) is 14.9 Å². The second kappa shape index (κ2) is 5.56. The minimum atomic E-state index is -0.212. The fourth-order valence-corrected chi connectivity index (χ4v) is 2.62. The van der Waals surface area contributed by atoms with Gasteiger partial charge in [-0.25, -0.2) is 9.97 Å². The van der Waals surface area contributed by atoms with E-state index < -0.39 is 0 Å². The molecule has 1 atom stereocenters. The van der Waals surface area contributed by atoms with E-state index in [4.69, 9.17) is 5.73 Å². The predicted molar refractivity (Wildman–Crippen MR) is 72.7 cm³/mol. The van der Waals surface area contributed by atoms with E-state index in [9.17, 15) is 4.79 Å². The number of hydrogen-bond donors (Lipinski definition) is 1. The first-order chi connectivity index (χ1) is 8.60. The summed E-state index contributed by atoms with van der Waals surface area (Å²) in [4.78, 5) is 22.2. The fraction of sp³-hybridized carbons (Fsp3) is 0.583. The predicted octanol–water partition coefficient (Wildman–Crippen LogP) is 1.21. The minimum absolute atomic E-state index is 0.0632. The molecule has 2 rings (SSSR count). The number of aryl methyl sites for hydroxylation is 1. The quantitative estimate of drug-likeness (QED) is 0.657. The van der Waals surface area contributed by atoms with Crippen molar-refractivity contribution in [3.8, 4) is 0 Å². The lowest BCUT2D eigenvalue weighted by Gasteiger charge is -2.32. The Hall–Kier alpha value is -1.30. The van der Waals surface area contributed by atoms with E-state index in [1.165, 1.54) is 11.8 Å². The molecule has 1 aromatic heterocycles. The Labute approximate surface area is 111 Å². The molecule has 1 fully saturated rings. The van der Waals surface area contributed by atoms with Gasteiger partial charge in [0.2, 0.25) is 5.91 Å². The Balaban J connectivity index is 2.20. The number of nitrogens with zero attached hydrogens (tertiary/aromatic N) is 3. The Kier molecular flexibility index (Phi) is 4.06. The molecule has 0 aromatic carbocycles. The van der Waals surface area contributed by atoms with Crippen molar-refractivity contribution in [3.63, 3.8) is 0 Å². The number of carbonyl (C=O) groups excluding carboxylic acids is 1. The first kappa shape index (κ1) is 13.1. The third-order valence-electron chi connectivity index (χ3n) is 3.15. The first-order valence-corrected chi connectivity index (χ1v) is 7.26. The van der Waals surface area contributed by atoms with Crippen LogP contribution in [0.3, 0.4) is 0 Å². The summed E-state index contributed by atoms with van der Waals surface area (Å²) < 4.78 is 0. The van der Waals surface area contributed by atoms with E-state index >= 15 is 0 Å². The Morgan fingerprint density at radius 1 is 1.56 bits per heavy atom. The standard InChI is InChI=1S/C12H18N4OS/c1-8-6-10(15-12(14-8)18-2)16-5-3-4-9(7-16)11(13)17/h6,9H,3-5,7H2,1-2H3,(H2,13,17). The molecule has 1 saturated heterocycles. The lowest BCUT2D eigenvalue weighted by atomic mass is 9.97. The van der Waals surface area contributed by atoms with Gasteiger partial charge in [-0.3, -0.25) is 4.79 Å². The Morgan fingerprint density at radius 3 is 3.00 bits per heavy atom. The highest BCUT2D eigenvalue weighted by Gasteiger charge is 2.25. The van der Waals surface area contributed by atoms with Crippen LogP contribution in [0, 0.1) is 12.8 Å². The molecule has 1 aliphatic heterocycles. The number of anilines is 1. The number of carbonyl (C=O) groups is 1. The zero-order valence-corrected chi connectivity index (χ0v) is 11.5. The highest BCUT2D eigenvalue weighted by molar-refractivity contribution is 7.98. The molecule has 98 valence electrons. The van der Waals surface area contributed by atoms with Crippen molar-refractivity contribution in [2.75, 3.05) is 24.2 Å². The number of thioether (sulfide) groups is 1. The molecule has 0 saturated carbocycles. The second-order valence-electron chi connectivity index (χ2n) is 4.54. The van der Waals surface area contributed by atoms with E-state index in [1.807, 2.05) is 19.2 Å². The SMILES string of the molecule is CSc1nc(C)cc(N2CCCC(C(N)=O)C2)n1. The molecule has 0 aliphatic carbocycles. The van der Waals surface area contributed by atoms with Crippen LogP contribution < -0.4 is 10.6 Å². The molecule has 1 aromatic rings. The lowest BCUT2D eigenvalue weighted by Crippen LogP contribution is -2.41. The van der Waals surface area contributed by atoms with Crippen molar-refractivity contribution >= 4 is 23.5 Å². The number of amides is 1. The second-order valence-corrected chi connectivity index (χ2v) is 5.32. The van der Waals surface area contributed by atoms with Crippen LogP contribution in [0.25, 0.3) is 0 Å². The molecule has 0 radical (unpaired) electrons. The van der Waals surface area contributed by atoms with E-state index in [-0.39, 0.29) is 11.8 Å². The van der Waals surface area contributed by atoms with Gasteiger partial charge < -0.3 is 10.6 Å². The summed E-state index contributed by atoms with van der Waals surface area (Å²) >= 11 is 1.53. The summed E-state index contributed by atoms with van der Waals surface area (Å²) in [5.74, 6) is 0.625. The van der Waals surface area contributed by atoms with Gasteiger partial charge in [0, 0.05) is 24.8 Å². The van der Waals surface area contributed by atoms with Crippen LogP contribution in [0.5, 0.6) is 0 Å². The summed E-state index contributed by atoms with van der Waals surface area (Å²) in [6.45, 7) is 3.55. The number of aromatic nitrogens is 2. The van der Waals surface area contributed by atoms with Crippen LogP contribution in [0.4, 0.5) is 5.82 Å². The fourth-order valence-electron chi connectivity index (χ4n) is 2.20. The third kappa shape index (κ3) is 2.93. The monoisotopic (exact) mass is 266 g/mol. The van der Waals surface area contributed by atoms with Gasteiger partial charge in [0.15, 0.2) is 5.16 Å². The molecule has 5 nitrogen and oxygen atoms in total. The maximum Gasteiger partial charge on any atom is 0.222 e. The summed E-state index contributed by atoms with van der Waals surface area (Å²) in [5, 5.41) is 0.770. The van der Waals surface area contributed by atoms with Gasteiger partial charge in [0.25, 0.3) is 0 Å². The smallest absolute Gasteiger partial charge is 0.222 e. The molecule has 0 spiro atoms. The zero-order chi connectivity index (χ0) is 13.1. The van der Waals surface area contributed by atoms with Crippen LogP contribution in [0.2, 0.25) is 0 Å². The van der Waals surface area contributed by atoms with Gasteiger partial charge in [0.1, 0.15) is 5.82 Å². The van der Waals surface area contributed by atoms with Gasteiger partial charge in [-0.15, -0.1) is 0 Å². The highest BCUT2D eigenvalue weighted by Crippen LogP contribution is 2.23. The Bertz CT molecular complexity index is 452. The maximum atomic E-state index is 11.3. The summed E-state index contributed by atoms with van der Waals surface area (Å²) in [6.07, 6.45) is 3.82. The average molecular weight is 266 g/mol. The third-order valence-corrected chi connectivity index (χ3v) is 3.70. The molecule has 6 heteroatoms. The van der Waals surface area contributed by atoms with Crippen LogP contribution in [0.15, 0.2) is 11.2 Å². The molecule has 0 bridgehead atoms.